The third-order valence-electron chi connectivity index (χ3n) is 3.46. The number of hydrogen-bond donors (Lipinski definition) is 1. The number of ether oxygens (including phenoxy) is 1. The first-order valence-electron chi connectivity index (χ1n) is 6.78. The van der Waals surface area contributed by atoms with Gasteiger partial charge in [-0.05, 0) is 57.7 Å². The van der Waals surface area contributed by atoms with Crippen LogP contribution >= 0.6 is 0 Å². The van der Waals surface area contributed by atoms with Gasteiger partial charge in [0.2, 0.25) is 0 Å². The molecule has 0 aliphatic heterocycles. The number of benzene rings is 1. The largest absolute Gasteiger partial charge is 0.385 e. The van der Waals surface area contributed by atoms with Crippen LogP contribution in [-0.2, 0) is 4.74 Å². The molecule has 0 aliphatic rings. The fourth-order valence-electron chi connectivity index (χ4n) is 2.76. The van der Waals surface area contributed by atoms with Crippen LogP contribution in [0.3, 0.4) is 0 Å². The van der Waals surface area contributed by atoms with Crippen molar-refractivity contribution in [3.05, 3.63) is 34.4 Å². The molecule has 102 valence electrons. The summed E-state index contributed by atoms with van der Waals surface area (Å²) in [5, 5.41) is 3.65. The van der Waals surface area contributed by atoms with Crippen LogP contribution in [0.5, 0.6) is 0 Å². The lowest BCUT2D eigenvalue weighted by atomic mass is 9.94. The van der Waals surface area contributed by atoms with Crippen LogP contribution in [0.2, 0.25) is 0 Å². The van der Waals surface area contributed by atoms with Gasteiger partial charge in [-0.15, -0.1) is 0 Å². The SMILES string of the molecule is COCCC(C)NC(C)c1c(C)cc(C)cc1C. The van der Waals surface area contributed by atoms with E-state index >= 15 is 0 Å². The normalized spacial score (nSPS) is 14.6. The van der Waals surface area contributed by atoms with Gasteiger partial charge in [0.1, 0.15) is 0 Å². The van der Waals surface area contributed by atoms with Crippen molar-refractivity contribution in [1.29, 1.82) is 0 Å². The molecule has 1 rings (SSSR count). The van der Waals surface area contributed by atoms with Crippen molar-refractivity contribution in [2.75, 3.05) is 13.7 Å². The molecule has 0 saturated heterocycles. The minimum absolute atomic E-state index is 0.387. The van der Waals surface area contributed by atoms with Gasteiger partial charge in [-0.1, -0.05) is 17.7 Å². The van der Waals surface area contributed by atoms with Gasteiger partial charge in [-0.2, -0.15) is 0 Å². The standard InChI is InChI=1S/C16H27NO/c1-11-9-12(2)16(13(3)10-11)15(5)17-14(4)7-8-18-6/h9-10,14-15,17H,7-8H2,1-6H3. The van der Waals surface area contributed by atoms with Gasteiger partial charge >= 0.3 is 0 Å². The second-order valence-corrected chi connectivity index (χ2v) is 5.38. The summed E-state index contributed by atoms with van der Waals surface area (Å²) in [5.74, 6) is 0. The zero-order valence-electron chi connectivity index (χ0n) is 12.6. The number of nitrogens with one attached hydrogen (secondary N) is 1. The molecule has 2 nitrogen and oxygen atoms in total. The van der Waals surface area contributed by atoms with Crippen LogP contribution in [0.4, 0.5) is 0 Å². The highest BCUT2D eigenvalue weighted by atomic mass is 16.5. The Labute approximate surface area is 112 Å². The van der Waals surface area contributed by atoms with Crippen molar-refractivity contribution in [1.82, 2.24) is 5.32 Å². The number of methoxy groups -OCH3 is 1. The van der Waals surface area contributed by atoms with E-state index in [1.54, 1.807) is 7.11 Å². The minimum atomic E-state index is 0.387. The van der Waals surface area contributed by atoms with E-state index in [0.29, 0.717) is 12.1 Å². The topological polar surface area (TPSA) is 21.3 Å². The first-order chi connectivity index (χ1) is 8.45. The van der Waals surface area contributed by atoms with Crippen LogP contribution < -0.4 is 5.32 Å². The molecule has 0 saturated carbocycles. The molecule has 0 bridgehead atoms. The zero-order chi connectivity index (χ0) is 13.7. The van der Waals surface area contributed by atoms with Crippen LogP contribution in [0.15, 0.2) is 12.1 Å². The van der Waals surface area contributed by atoms with Gasteiger partial charge in [0.25, 0.3) is 0 Å². The quantitative estimate of drug-likeness (QED) is 0.830. The lowest BCUT2D eigenvalue weighted by molar-refractivity contribution is 0.183. The van der Waals surface area contributed by atoms with E-state index < -0.39 is 0 Å². The van der Waals surface area contributed by atoms with Crippen LogP contribution in [0.1, 0.15) is 48.6 Å². The summed E-state index contributed by atoms with van der Waals surface area (Å²) in [6.45, 7) is 11.8. The highest BCUT2D eigenvalue weighted by Gasteiger charge is 2.14. The van der Waals surface area contributed by atoms with Crippen LogP contribution in [-0.4, -0.2) is 19.8 Å². The molecule has 0 radical (unpaired) electrons. The maximum Gasteiger partial charge on any atom is 0.0476 e. The molecule has 1 aromatic carbocycles. The molecule has 1 N–H and O–H groups in total. The highest BCUT2D eigenvalue weighted by molar-refractivity contribution is 5.39. The molecule has 2 atom stereocenters. The summed E-state index contributed by atoms with van der Waals surface area (Å²) >= 11 is 0. The summed E-state index contributed by atoms with van der Waals surface area (Å²) in [4.78, 5) is 0. The maximum atomic E-state index is 5.12. The van der Waals surface area contributed by atoms with E-state index in [1.807, 2.05) is 0 Å². The number of aryl methyl sites for hydroxylation is 3. The smallest absolute Gasteiger partial charge is 0.0476 e. The minimum Gasteiger partial charge on any atom is -0.385 e. The number of hydrogen-bond acceptors (Lipinski definition) is 2. The predicted octanol–water partition coefficient (Wildman–Crippen LogP) is 3.69. The van der Waals surface area contributed by atoms with E-state index in [1.165, 1.54) is 22.3 Å². The van der Waals surface area contributed by atoms with Crippen molar-refractivity contribution >= 4 is 0 Å². The first kappa shape index (κ1) is 15.2. The summed E-state index contributed by atoms with van der Waals surface area (Å²) in [6.07, 6.45) is 1.05. The van der Waals surface area contributed by atoms with Gasteiger partial charge in [0, 0.05) is 25.8 Å². The molecule has 2 heteroatoms. The summed E-state index contributed by atoms with van der Waals surface area (Å²) in [5.41, 5.74) is 5.54. The van der Waals surface area contributed by atoms with Gasteiger partial charge < -0.3 is 10.1 Å². The summed E-state index contributed by atoms with van der Waals surface area (Å²) < 4.78 is 5.12. The van der Waals surface area contributed by atoms with Gasteiger partial charge in [-0.25, -0.2) is 0 Å². The van der Waals surface area contributed by atoms with Crippen molar-refractivity contribution in [3.8, 4) is 0 Å². The Hall–Kier alpha value is -0.860. The van der Waals surface area contributed by atoms with Crippen LogP contribution in [0, 0.1) is 20.8 Å². The Morgan fingerprint density at radius 3 is 2.17 bits per heavy atom. The fraction of sp³-hybridized carbons (Fsp3) is 0.625. The summed E-state index contributed by atoms with van der Waals surface area (Å²) in [7, 11) is 1.75. The van der Waals surface area contributed by atoms with E-state index in [-0.39, 0.29) is 0 Å². The third kappa shape index (κ3) is 4.11. The molecule has 1 aromatic rings. The Kier molecular flexibility index (Phi) is 5.83. The van der Waals surface area contributed by atoms with Gasteiger partial charge in [0.15, 0.2) is 0 Å². The fourth-order valence-corrected chi connectivity index (χ4v) is 2.76. The Morgan fingerprint density at radius 2 is 1.67 bits per heavy atom. The Balaban J connectivity index is 2.75. The molecule has 0 aromatic heterocycles. The number of rotatable bonds is 6. The van der Waals surface area contributed by atoms with Crippen molar-refractivity contribution in [2.24, 2.45) is 0 Å². The second kappa shape index (κ2) is 6.91. The average molecular weight is 249 g/mol. The van der Waals surface area contributed by atoms with E-state index in [9.17, 15) is 0 Å². The molecule has 0 amide bonds. The van der Waals surface area contributed by atoms with E-state index in [0.717, 1.165) is 13.0 Å². The maximum absolute atomic E-state index is 5.12. The lowest BCUT2D eigenvalue weighted by Gasteiger charge is -2.23. The third-order valence-corrected chi connectivity index (χ3v) is 3.46. The van der Waals surface area contributed by atoms with E-state index in [4.69, 9.17) is 4.74 Å². The predicted molar refractivity (Wildman–Crippen MR) is 78.2 cm³/mol. The molecular formula is C16H27NO. The molecular weight excluding hydrogens is 222 g/mol. The molecule has 0 aliphatic carbocycles. The van der Waals surface area contributed by atoms with Crippen molar-refractivity contribution in [2.45, 2.75) is 53.1 Å². The molecule has 2 unspecified atom stereocenters. The highest BCUT2D eigenvalue weighted by Crippen LogP contribution is 2.23. The van der Waals surface area contributed by atoms with Crippen molar-refractivity contribution < 1.29 is 4.74 Å². The van der Waals surface area contributed by atoms with E-state index in [2.05, 4.69) is 52.1 Å². The molecule has 0 fully saturated rings. The second-order valence-electron chi connectivity index (χ2n) is 5.38. The average Bonchev–Trinajstić information content (AvgIpc) is 2.24. The zero-order valence-corrected chi connectivity index (χ0v) is 12.6. The monoisotopic (exact) mass is 249 g/mol. The Bertz CT molecular complexity index is 364. The van der Waals surface area contributed by atoms with Crippen LogP contribution in [0.25, 0.3) is 0 Å². The molecule has 0 spiro atoms. The Morgan fingerprint density at radius 1 is 1.11 bits per heavy atom. The molecule has 18 heavy (non-hydrogen) atoms. The molecule has 0 heterocycles. The van der Waals surface area contributed by atoms with Gasteiger partial charge in [-0.3, -0.25) is 0 Å². The lowest BCUT2D eigenvalue weighted by Crippen LogP contribution is -2.30. The van der Waals surface area contributed by atoms with Crippen molar-refractivity contribution in [3.63, 3.8) is 0 Å². The van der Waals surface area contributed by atoms with Gasteiger partial charge in [0.05, 0.1) is 0 Å². The summed E-state index contributed by atoms with van der Waals surface area (Å²) in [6, 6.07) is 5.39. The first-order valence-corrected chi connectivity index (χ1v) is 6.78.